The minimum Gasteiger partial charge on any atom is -0.285 e. The van der Waals surface area contributed by atoms with Gasteiger partial charge in [0, 0.05) is 0 Å². The van der Waals surface area contributed by atoms with Crippen LogP contribution in [0.1, 0.15) is 5.56 Å². The lowest BCUT2D eigenvalue weighted by Gasteiger charge is -2.12. The molecule has 1 heterocycles. The number of benzene rings is 1. The molecule has 0 saturated carbocycles. The van der Waals surface area contributed by atoms with E-state index >= 15 is 0 Å². The van der Waals surface area contributed by atoms with Crippen molar-refractivity contribution in [2.75, 3.05) is 5.43 Å². The second-order valence-corrected chi connectivity index (χ2v) is 3.84. The third kappa shape index (κ3) is 2.30. The van der Waals surface area contributed by atoms with E-state index in [1.807, 2.05) is 0 Å². The molecule has 1 aromatic heterocycles. The molecule has 0 spiro atoms. The molecule has 11 heteroatoms. The van der Waals surface area contributed by atoms with E-state index < -0.39 is 51.6 Å². The Hall–Kier alpha value is -3.16. The summed E-state index contributed by atoms with van der Waals surface area (Å²) in [6, 6.07) is 1.37. The summed E-state index contributed by atoms with van der Waals surface area (Å²) < 4.78 is 66.0. The molecule has 0 radical (unpaired) electrons. The number of aromatic amines is 1. The van der Waals surface area contributed by atoms with Gasteiger partial charge in [0.15, 0.2) is 23.3 Å². The van der Waals surface area contributed by atoms with Crippen LogP contribution in [0.3, 0.4) is 0 Å². The third-order valence-electron chi connectivity index (χ3n) is 2.50. The summed E-state index contributed by atoms with van der Waals surface area (Å²) in [5, 5.41) is 8.60. The van der Waals surface area contributed by atoms with Crippen molar-refractivity contribution in [3.8, 4) is 6.07 Å². The maximum Gasteiger partial charge on any atom is 0.347 e. The molecule has 1 aromatic carbocycles. The maximum absolute atomic E-state index is 13.4. The highest BCUT2D eigenvalue weighted by Crippen LogP contribution is 2.26. The quantitative estimate of drug-likeness (QED) is 0.490. The van der Waals surface area contributed by atoms with Crippen molar-refractivity contribution in [1.82, 2.24) is 9.66 Å². The summed E-state index contributed by atoms with van der Waals surface area (Å²) in [5.74, 6) is -11.2. The number of aromatic nitrogens is 2. The summed E-state index contributed by atoms with van der Waals surface area (Å²) in [4.78, 5) is 24.1. The van der Waals surface area contributed by atoms with Crippen molar-refractivity contribution in [2.45, 2.75) is 0 Å². The fourth-order valence-corrected chi connectivity index (χ4v) is 1.46. The number of hydrogen-bond acceptors (Lipinski definition) is 4. The zero-order valence-corrected chi connectivity index (χ0v) is 10.2. The number of nitriles is 1. The number of halogens is 5. The zero-order chi connectivity index (χ0) is 16.6. The van der Waals surface area contributed by atoms with Crippen molar-refractivity contribution in [1.29, 1.82) is 5.26 Å². The highest BCUT2D eigenvalue weighted by Gasteiger charge is 2.26. The van der Waals surface area contributed by atoms with E-state index in [0.29, 0.717) is 6.20 Å². The second kappa shape index (κ2) is 5.32. The van der Waals surface area contributed by atoms with Crippen molar-refractivity contribution in [2.24, 2.45) is 0 Å². The van der Waals surface area contributed by atoms with Crippen LogP contribution in [0.5, 0.6) is 0 Å². The van der Waals surface area contributed by atoms with Gasteiger partial charge in [-0.3, -0.25) is 15.2 Å². The van der Waals surface area contributed by atoms with Crippen molar-refractivity contribution >= 4 is 5.69 Å². The molecule has 6 nitrogen and oxygen atoms in total. The molecule has 0 atom stereocenters. The molecule has 0 amide bonds. The fraction of sp³-hybridized carbons (Fsp3) is 0. The highest BCUT2D eigenvalue weighted by atomic mass is 19.2. The average Bonchev–Trinajstić information content (AvgIpc) is 2.49. The van der Waals surface area contributed by atoms with E-state index in [1.54, 1.807) is 10.4 Å². The van der Waals surface area contributed by atoms with E-state index in [1.165, 1.54) is 6.07 Å². The Balaban J connectivity index is 2.65. The normalized spacial score (nSPS) is 10.4. The Bertz CT molecular complexity index is 899. The molecule has 0 aliphatic heterocycles. The van der Waals surface area contributed by atoms with Crippen LogP contribution in [0.4, 0.5) is 27.6 Å². The Morgan fingerprint density at radius 2 is 1.50 bits per heavy atom. The Morgan fingerprint density at radius 3 is 2.00 bits per heavy atom. The zero-order valence-electron chi connectivity index (χ0n) is 10.2. The standard InChI is InChI=1S/C11H3F5N4O2/c12-4-5(13)7(15)9(8(16)6(4)14)19-20-2-3(1-17)10(21)18-11(20)22/h2,19H,(H,18,21,22). The first-order chi connectivity index (χ1) is 10.3. The van der Waals surface area contributed by atoms with Crippen LogP contribution in [-0.4, -0.2) is 9.66 Å². The average molecular weight is 318 g/mol. The van der Waals surface area contributed by atoms with Gasteiger partial charge in [-0.05, 0) is 0 Å². The molecule has 0 bridgehead atoms. The lowest BCUT2D eigenvalue weighted by molar-refractivity contribution is 0.380. The van der Waals surface area contributed by atoms with Crippen LogP contribution in [-0.2, 0) is 0 Å². The number of H-pyrrole nitrogens is 1. The van der Waals surface area contributed by atoms with Gasteiger partial charge < -0.3 is 0 Å². The van der Waals surface area contributed by atoms with Crippen LogP contribution < -0.4 is 16.7 Å². The summed E-state index contributed by atoms with van der Waals surface area (Å²) in [6.07, 6.45) is 0.541. The predicted molar refractivity (Wildman–Crippen MR) is 61.3 cm³/mol. The molecule has 0 fully saturated rings. The van der Waals surface area contributed by atoms with Crippen molar-refractivity contribution in [3.63, 3.8) is 0 Å². The van der Waals surface area contributed by atoms with Gasteiger partial charge in [-0.1, -0.05) is 0 Å². The van der Waals surface area contributed by atoms with Crippen LogP contribution in [0.2, 0.25) is 0 Å². The second-order valence-electron chi connectivity index (χ2n) is 3.84. The van der Waals surface area contributed by atoms with E-state index in [-0.39, 0.29) is 4.68 Å². The van der Waals surface area contributed by atoms with Gasteiger partial charge >= 0.3 is 5.69 Å². The molecule has 0 unspecified atom stereocenters. The molecule has 2 aromatic rings. The fourth-order valence-electron chi connectivity index (χ4n) is 1.46. The molecular weight excluding hydrogens is 315 g/mol. The van der Waals surface area contributed by atoms with Crippen LogP contribution >= 0.6 is 0 Å². The number of nitrogens with one attached hydrogen (secondary N) is 2. The number of rotatable bonds is 2. The van der Waals surface area contributed by atoms with Crippen LogP contribution in [0, 0.1) is 40.4 Å². The van der Waals surface area contributed by atoms with Crippen LogP contribution in [0.15, 0.2) is 15.8 Å². The molecule has 114 valence electrons. The third-order valence-corrected chi connectivity index (χ3v) is 2.50. The molecule has 0 aliphatic carbocycles. The highest BCUT2D eigenvalue weighted by molar-refractivity contribution is 5.47. The summed E-state index contributed by atoms with van der Waals surface area (Å²) in [7, 11) is 0. The van der Waals surface area contributed by atoms with E-state index in [2.05, 4.69) is 0 Å². The summed E-state index contributed by atoms with van der Waals surface area (Å²) >= 11 is 0. The van der Waals surface area contributed by atoms with Crippen molar-refractivity contribution in [3.05, 3.63) is 61.7 Å². The minimum absolute atomic E-state index is 0.193. The van der Waals surface area contributed by atoms with Gasteiger partial charge in [-0.15, -0.1) is 0 Å². The van der Waals surface area contributed by atoms with E-state index in [4.69, 9.17) is 5.26 Å². The first-order valence-corrected chi connectivity index (χ1v) is 5.32. The van der Waals surface area contributed by atoms with Gasteiger partial charge in [0.2, 0.25) is 5.82 Å². The van der Waals surface area contributed by atoms with E-state index in [9.17, 15) is 31.5 Å². The number of nitrogens with zero attached hydrogens (tertiary/aromatic N) is 2. The maximum atomic E-state index is 13.4. The molecule has 0 saturated heterocycles. The Kier molecular flexibility index (Phi) is 3.68. The largest absolute Gasteiger partial charge is 0.347 e. The molecule has 0 aliphatic rings. The van der Waals surface area contributed by atoms with E-state index in [0.717, 1.165) is 0 Å². The lowest BCUT2D eigenvalue weighted by Crippen LogP contribution is -2.35. The molecule has 2 N–H and O–H groups in total. The Labute approximate surface area is 117 Å². The number of anilines is 1. The minimum atomic E-state index is -2.37. The molecule has 2 rings (SSSR count). The van der Waals surface area contributed by atoms with Crippen LogP contribution in [0.25, 0.3) is 0 Å². The van der Waals surface area contributed by atoms with Gasteiger partial charge in [0.1, 0.15) is 17.3 Å². The smallest absolute Gasteiger partial charge is 0.285 e. The van der Waals surface area contributed by atoms with Gasteiger partial charge in [-0.25, -0.2) is 31.4 Å². The first-order valence-electron chi connectivity index (χ1n) is 5.32. The Morgan fingerprint density at radius 1 is 1.00 bits per heavy atom. The predicted octanol–water partition coefficient (Wildman–Crippen LogP) is 0.979. The molecule has 22 heavy (non-hydrogen) atoms. The summed E-state index contributed by atoms with van der Waals surface area (Å²) in [6.45, 7) is 0. The van der Waals surface area contributed by atoms with Gasteiger partial charge in [0.05, 0.1) is 6.20 Å². The topological polar surface area (TPSA) is 90.7 Å². The molecular formula is C11H3F5N4O2. The number of hydrogen-bond donors (Lipinski definition) is 2. The van der Waals surface area contributed by atoms with Gasteiger partial charge in [-0.2, -0.15) is 5.26 Å². The van der Waals surface area contributed by atoms with Gasteiger partial charge in [0.25, 0.3) is 5.56 Å². The first kappa shape index (κ1) is 15.2. The monoisotopic (exact) mass is 318 g/mol. The van der Waals surface area contributed by atoms with Crippen molar-refractivity contribution < 1.29 is 22.0 Å². The lowest BCUT2D eigenvalue weighted by atomic mass is 10.2. The SMILES string of the molecule is N#Cc1cn(Nc2c(F)c(F)c(F)c(F)c2F)c(=O)[nH]c1=O. The summed E-state index contributed by atoms with van der Waals surface area (Å²) in [5.41, 5.74) is -2.91.